The third kappa shape index (κ3) is 4.03. The number of nitrogens with one attached hydrogen (secondary N) is 1. The number of hydrogen-bond donors (Lipinski definition) is 1. The summed E-state index contributed by atoms with van der Waals surface area (Å²) in [4.78, 5) is 30.8. The molecule has 1 atom stereocenters. The highest BCUT2D eigenvalue weighted by atomic mass is 32.2. The first-order valence-electron chi connectivity index (χ1n) is 11.2. The summed E-state index contributed by atoms with van der Waals surface area (Å²) >= 11 is 1.32. The number of hydrogen-bond acceptors (Lipinski definition) is 6. The van der Waals surface area contributed by atoms with Gasteiger partial charge in [0.15, 0.2) is 11.0 Å². The van der Waals surface area contributed by atoms with Crippen molar-refractivity contribution in [3.8, 4) is 22.6 Å². The van der Waals surface area contributed by atoms with Crippen LogP contribution in [0.15, 0.2) is 65.8 Å². The van der Waals surface area contributed by atoms with Crippen molar-refractivity contribution in [2.75, 3.05) is 13.1 Å². The highest BCUT2D eigenvalue weighted by Crippen LogP contribution is 2.34. The zero-order valence-corrected chi connectivity index (χ0v) is 19.7. The van der Waals surface area contributed by atoms with Crippen LogP contribution in [0.3, 0.4) is 0 Å². The van der Waals surface area contributed by atoms with Gasteiger partial charge in [0.05, 0.1) is 16.5 Å². The molecule has 1 aliphatic heterocycles. The Morgan fingerprint density at radius 2 is 1.88 bits per heavy atom. The van der Waals surface area contributed by atoms with E-state index in [2.05, 4.69) is 15.5 Å². The lowest BCUT2D eigenvalue weighted by molar-refractivity contribution is -0.126. The van der Waals surface area contributed by atoms with Gasteiger partial charge in [0.2, 0.25) is 5.91 Å². The van der Waals surface area contributed by atoms with Crippen LogP contribution in [0.2, 0.25) is 0 Å². The molecular weight excluding hydrogens is 448 g/mol. The number of benzene rings is 2. The monoisotopic (exact) mass is 472 g/mol. The lowest BCUT2D eigenvalue weighted by Crippen LogP contribution is -2.39. The van der Waals surface area contributed by atoms with E-state index >= 15 is 0 Å². The average Bonchev–Trinajstić information content (AvgIpc) is 3.48. The average molecular weight is 473 g/mol. The second-order valence-corrected chi connectivity index (χ2v) is 9.28. The number of urea groups is 1. The van der Waals surface area contributed by atoms with Crippen molar-refractivity contribution in [2.24, 2.45) is 0 Å². The maximum Gasteiger partial charge on any atom is 0.324 e. The fourth-order valence-electron chi connectivity index (χ4n) is 4.09. The van der Waals surface area contributed by atoms with E-state index in [9.17, 15) is 9.59 Å². The molecule has 0 bridgehead atoms. The first kappa shape index (κ1) is 22.1. The maximum absolute atomic E-state index is 12.8. The molecule has 8 nitrogen and oxygen atoms in total. The highest BCUT2D eigenvalue weighted by Gasteiger charge is 2.31. The number of imide groups is 1. The van der Waals surface area contributed by atoms with Gasteiger partial charge in [0.25, 0.3) is 0 Å². The third-order valence-electron chi connectivity index (χ3n) is 5.81. The van der Waals surface area contributed by atoms with Crippen LogP contribution in [0.5, 0.6) is 0 Å². The van der Waals surface area contributed by atoms with Gasteiger partial charge in [0.1, 0.15) is 0 Å². The molecule has 172 valence electrons. The number of pyridine rings is 1. The maximum atomic E-state index is 12.8. The second kappa shape index (κ2) is 9.26. The number of carbonyl (C=O) groups excluding carboxylic acids is 2. The molecule has 1 N–H and O–H groups in total. The van der Waals surface area contributed by atoms with Crippen molar-refractivity contribution in [1.82, 2.24) is 30.0 Å². The summed E-state index contributed by atoms with van der Waals surface area (Å²) < 4.78 is 2.01. The van der Waals surface area contributed by atoms with Crippen LogP contribution in [0.4, 0.5) is 4.79 Å². The Bertz CT molecular complexity index is 1370. The molecule has 4 aromatic rings. The van der Waals surface area contributed by atoms with Gasteiger partial charge < -0.3 is 9.88 Å². The van der Waals surface area contributed by atoms with Crippen LogP contribution in [0.25, 0.3) is 33.5 Å². The lowest BCUT2D eigenvalue weighted by atomic mass is 10.0. The molecule has 0 aliphatic carbocycles. The topological polar surface area (TPSA) is 93.0 Å². The minimum atomic E-state index is -0.472. The van der Waals surface area contributed by atoms with E-state index in [-0.39, 0.29) is 11.9 Å². The predicted octanol–water partition coefficient (Wildman–Crippen LogP) is 4.21. The molecule has 0 saturated carbocycles. The standard InChI is InChI=1S/C25H24N6O2S/c1-3-30-22(28-29-25(30)34-16(2)23(32)31-14-13-26-24(31)33)19-15-21(17-9-5-4-6-10-17)27-20-12-8-7-11-18(19)20/h4-12,15-16H,3,13-14H2,1-2H3,(H,26,33)/t16-/m0/s1. The van der Waals surface area contributed by atoms with E-state index < -0.39 is 5.25 Å². The van der Waals surface area contributed by atoms with E-state index in [0.717, 1.165) is 33.5 Å². The molecule has 2 aromatic heterocycles. The van der Waals surface area contributed by atoms with Gasteiger partial charge in [-0.1, -0.05) is 60.3 Å². The van der Waals surface area contributed by atoms with Crippen molar-refractivity contribution in [3.63, 3.8) is 0 Å². The van der Waals surface area contributed by atoms with Crippen molar-refractivity contribution in [2.45, 2.75) is 30.8 Å². The number of amides is 3. The van der Waals surface area contributed by atoms with E-state index in [1.54, 1.807) is 6.92 Å². The van der Waals surface area contributed by atoms with Crippen molar-refractivity contribution in [1.29, 1.82) is 0 Å². The molecule has 1 aliphatic rings. The molecule has 0 radical (unpaired) electrons. The smallest absolute Gasteiger partial charge is 0.324 e. The minimum absolute atomic E-state index is 0.229. The van der Waals surface area contributed by atoms with Gasteiger partial charge in [-0.15, -0.1) is 10.2 Å². The van der Waals surface area contributed by atoms with Gasteiger partial charge in [-0.05, 0) is 26.0 Å². The van der Waals surface area contributed by atoms with Gasteiger partial charge in [-0.3, -0.25) is 9.69 Å². The number of fused-ring (bicyclic) bond motifs is 1. The van der Waals surface area contributed by atoms with E-state index in [1.807, 2.05) is 72.2 Å². The SMILES string of the molecule is CCn1c(S[C@@H](C)C(=O)N2CCNC2=O)nnc1-c1cc(-c2ccccc2)nc2ccccc12. The Labute approximate surface area is 201 Å². The van der Waals surface area contributed by atoms with E-state index in [4.69, 9.17) is 4.98 Å². The molecule has 2 aromatic carbocycles. The van der Waals surface area contributed by atoms with E-state index in [0.29, 0.717) is 24.8 Å². The van der Waals surface area contributed by atoms with Crippen molar-refractivity contribution >= 4 is 34.6 Å². The van der Waals surface area contributed by atoms with Gasteiger partial charge >= 0.3 is 6.03 Å². The number of thioether (sulfide) groups is 1. The molecule has 5 rings (SSSR count). The second-order valence-electron chi connectivity index (χ2n) is 7.97. The highest BCUT2D eigenvalue weighted by molar-refractivity contribution is 8.00. The molecule has 0 spiro atoms. The zero-order chi connectivity index (χ0) is 23.7. The van der Waals surface area contributed by atoms with Crippen LogP contribution >= 0.6 is 11.8 Å². The van der Waals surface area contributed by atoms with Crippen LogP contribution in [-0.2, 0) is 11.3 Å². The van der Waals surface area contributed by atoms with Crippen molar-refractivity contribution < 1.29 is 9.59 Å². The minimum Gasteiger partial charge on any atom is -0.336 e. The Morgan fingerprint density at radius 1 is 1.12 bits per heavy atom. The lowest BCUT2D eigenvalue weighted by Gasteiger charge is -2.17. The molecule has 1 fully saturated rings. The first-order chi connectivity index (χ1) is 16.6. The fraction of sp³-hybridized carbons (Fsp3) is 0.240. The van der Waals surface area contributed by atoms with E-state index in [1.165, 1.54) is 16.7 Å². The Kier molecular flexibility index (Phi) is 6.02. The molecule has 1 saturated heterocycles. The predicted molar refractivity (Wildman–Crippen MR) is 132 cm³/mol. The third-order valence-corrected chi connectivity index (χ3v) is 6.88. The number of nitrogens with zero attached hydrogens (tertiary/aromatic N) is 5. The van der Waals surface area contributed by atoms with Crippen LogP contribution in [-0.4, -0.2) is 54.9 Å². The summed E-state index contributed by atoms with van der Waals surface area (Å²) in [6.07, 6.45) is 0. The van der Waals surface area contributed by atoms with Crippen LogP contribution in [0, 0.1) is 0 Å². The summed E-state index contributed by atoms with van der Waals surface area (Å²) in [5.41, 5.74) is 3.69. The van der Waals surface area contributed by atoms with Crippen molar-refractivity contribution in [3.05, 3.63) is 60.7 Å². The zero-order valence-electron chi connectivity index (χ0n) is 18.9. The molecule has 9 heteroatoms. The summed E-state index contributed by atoms with van der Waals surface area (Å²) in [5.74, 6) is 0.493. The number of rotatable bonds is 6. The summed E-state index contributed by atoms with van der Waals surface area (Å²) in [7, 11) is 0. The normalized spacial score (nSPS) is 14.4. The van der Waals surface area contributed by atoms with Gasteiger partial charge in [0, 0.05) is 36.1 Å². The fourth-order valence-corrected chi connectivity index (χ4v) is 5.06. The molecule has 0 unspecified atom stereocenters. The molecule has 3 heterocycles. The molecular formula is C25H24N6O2S. The largest absolute Gasteiger partial charge is 0.336 e. The summed E-state index contributed by atoms with van der Waals surface area (Å²) in [6, 6.07) is 19.7. The number of para-hydroxylation sites is 1. The Hall–Kier alpha value is -3.72. The van der Waals surface area contributed by atoms with Gasteiger partial charge in [-0.25, -0.2) is 9.78 Å². The molecule has 34 heavy (non-hydrogen) atoms. The Balaban J connectivity index is 1.54. The van der Waals surface area contributed by atoms with Gasteiger partial charge in [-0.2, -0.15) is 0 Å². The Morgan fingerprint density at radius 3 is 2.62 bits per heavy atom. The van der Waals surface area contributed by atoms with Crippen LogP contribution in [0.1, 0.15) is 13.8 Å². The summed E-state index contributed by atoms with van der Waals surface area (Å²) in [6.45, 7) is 5.32. The van der Waals surface area contributed by atoms with Crippen LogP contribution < -0.4 is 5.32 Å². The number of aromatic nitrogens is 4. The summed E-state index contributed by atoms with van der Waals surface area (Å²) in [5, 5.41) is 12.8. The first-order valence-corrected chi connectivity index (χ1v) is 12.1. The quantitative estimate of drug-likeness (QED) is 0.423. The number of carbonyl (C=O) groups is 2. The molecule has 3 amide bonds.